The fourth-order valence-corrected chi connectivity index (χ4v) is 11.9. The van der Waals surface area contributed by atoms with Gasteiger partial charge in [-0.2, -0.15) is 0 Å². The summed E-state index contributed by atoms with van der Waals surface area (Å²) in [5.41, 5.74) is 15.9. The first kappa shape index (κ1) is 38.6. The molecule has 3 nitrogen and oxygen atoms in total. The van der Waals surface area contributed by atoms with Gasteiger partial charge >= 0.3 is 0 Å². The number of hydrogen-bond acceptors (Lipinski definition) is 4. The van der Waals surface area contributed by atoms with Crippen LogP contribution in [0.3, 0.4) is 0 Å². The first-order chi connectivity index (χ1) is 33.7. The van der Waals surface area contributed by atoms with E-state index in [1.807, 2.05) is 17.4 Å². The Bertz CT molecular complexity index is 4250. The second-order valence-electron chi connectivity index (χ2n) is 17.5. The molecule has 3 heterocycles. The molecular weight excluding hydrogens is 847 g/mol. The standard InChI is InChI=1S/C64H39NO2S/c1-2-14-40(15-3-1)41-28-32-44(33-29-41)65(54-24-13-23-51-47-19-8-11-27-59(47)68-64(51)54)45-34-30-43(31-35-45)60-49(36-38-57-62(60)52-20-6-9-25-55(52)66-57)50-37-39-58-63(53-21-7-10-26-56(53)67-58)61(50)48-22-12-17-42-16-4-5-18-46(42)48/h1-39H. The number of thiophene rings is 1. The number of benzene rings is 11. The average Bonchev–Trinajstić information content (AvgIpc) is 4.11. The van der Waals surface area contributed by atoms with E-state index in [4.69, 9.17) is 8.83 Å². The number of nitrogens with zero attached hydrogens (tertiary/aromatic N) is 1. The predicted octanol–water partition coefficient (Wildman–Crippen LogP) is 19.1. The highest BCUT2D eigenvalue weighted by atomic mass is 32.1. The Balaban J connectivity index is 1.01. The second kappa shape index (κ2) is 15.5. The zero-order chi connectivity index (χ0) is 44.7. The normalized spacial score (nSPS) is 11.8. The molecular formula is C64H39NO2S. The van der Waals surface area contributed by atoms with Crippen LogP contribution in [0.1, 0.15) is 0 Å². The summed E-state index contributed by atoms with van der Waals surface area (Å²) in [6.07, 6.45) is 0. The molecule has 0 N–H and O–H groups in total. The van der Waals surface area contributed by atoms with Crippen LogP contribution in [0.2, 0.25) is 0 Å². The maximum atomic E-state index is 6.66. The van der Waals surface area contributed by atoms with Crippen molar-refractivity contribution in [3.05, 3.63) is 237 Å². The van der Waals surface area contributed by atoms with Crippen molar-refractivity contribution in [2.45, 2.75) is 0 Å². The summed E-state index contributed by atoms with van der Waals surface area (Å²) >= 11 is 1.85. The van der Waals surface area contributed by atoms with Crippen molar-refractivity contribution in [2.75, 3.05) is 4.90 Å². The predicted molar refractivity (Wildman–Crippen MR) is 288 cm³/mol. The van der Waals surface area contributed by atoms with Crippen LogP contribution >= 0.6 is 11.3 Å². The summed E-state index contributed by atoms with van der Waals surface area (Å²) in [6, 6.07) is 85.2. The van der Waals surface area contributed by atoms with Gasteiger partial charge < -0.3 is 13.7 Å². The van der Waals surface area contributed by atoms with E-state index in [1.54, 1.807) is 0 Å². The van der Waals surface area contributed by atoms with Gasteiger partial charge in [-0.15, -0.1) is 11.3 Å². The van der Waals surface area contributed by atoms with Crippen molar-refractivity contribution in [1.82, 2.24) is 0 Å². The molecule has 0 aliphatic carbocycles. The molecule has 0 radical (unpaired) electrons. The lowest BCUT2D eigenvalue weighted by Crippen LogP contribution is -2.10. The Morgan fingerprint density at radius 2 is 0.824 bits per heavy atom. The van der Waals surface area contributed by atoms with E-state index in [-0.39, 0.29) is 0 Å². The molecule has 4 heteroatoms. The first-order valence-corrected chi connectivity index (χ1v) is 23.9. The molecule has 0 atom stereocenters. The summed E-state index contributed by atoms with van der Waals surface area (Å²) in [5.74, 6) is 0. The van der Waals surface area contributed by atoms with Crippen molar-refractivity contribution >= 4 is 103 Å². The van der Waals surface area contributed by atoms with Crippen LogP contribution in [0.5, 0.6) is 0 Å². The van der Waals surface area contributed by atoms with E-state index in [0.29, 0.717) is 0 Å². The van der Waals surface area contributed by atoms with Gasteiger partial charge in [-0.25, -0.2) is 0 Å². The highest BCUT2D eigenvalue weighted by Crippen LogP contribution is 2.51. The van der Waals surface area contributed by atoms with E-state index in [0.717, 1.165) is 94.3 Å². The molecule has 0 bridgehead atoms. The zero-order valence-electron chi connectivity index (χ0n) is 36.7. The molecule has 0 unspecified atom stereocenters. The number of fused-ring (bicyclic) bond motifs is 10. The monoisotopic (exact) mass is 885 g/mol. The Hall–Kier alpha value is -8.70. The molecule has 0 amide bonds. The lowest BCUT2D eigenvalue weighted by atomic mass is 9.84. The molecule has 14 aromatic rings. The molecule has 0 fully saturated rings. The van der Waals surface area contributed by atoms with Crippen LogP contribution in [0.25, 0.3) is 119 Å². The summed E-state index contributed by atoms with van der Waals surface area (Å²) in [5, 5.41) is 9.31. The van der Waals surface area contributed by atoms with Crippen molar-refractivity contribution < 1.29 is 8.83 Å². The second-order valence-corrected chi connectivity index (χ2v) is 18.5. The minimum Gasteiger partial charge on any atom is -0.456 e. The van der Waals surface area contributed by atoms with Crippen LogP contribution in [0.15, 0.2) is 245 Å². The van der Waals surface area contributed by atoms with Crippen molar-refractivity contribution in [3.63, 3.8) is 0 Å². The molecule has 14 rings (SSSR count). The van der Waals surface area contributed by atoms with Crippen molar-refractivity contribution in [2.24, 2.45) is 0 Å². The Morgan fingerprint density at radius 3 is 1.53 bits per heavy atom. The number of hydrogen-bond donors (Lipinski definition) is 0. The highest BCUT2D eigenvalue weighted by Gasteiger charge is 2.25. The van der Waals surface area contributed by atoms with Crippen LogP contribution in [0, 0.1) is 0 Å². The molecule has 0 aliphatic rings. The zero-order valence-corrected chi connectivity index (χ0v) is 37.5. The molecule has 11 aromatic carbocycles. The molecule has 318 valence electrons. The van der Waals surface area contributed by atoms with Gasteiger partial charge in [0.2, 0.25) is 0 Å². The molecule has 3 aromatic heterocycles. The molecule has 0 aliphatic heterocycles. The molecule has 0 spiro atoms. The van der Waals surface area contributed by atoms with Crippen LogP contribution < -0.4 is 4.90 Å². The van der Waals surface area contributed by atoms with Gasteiger partial charge in [0.05, 0.1) is 10.4 Å². The number of para-hydroxylation sites is 2. The van der Waals surface area contributed by atoms with Crippen LogP contribution in [-0.4, -0.2) is 0 Å². The number of anilines is 3. The first-order valence-electron chi connectivity index (χ1n) is 23.1. The van der Waals surface area contributed by atoms with E-state index < -0.39 is 0 Å². The smallest absolute Gasteiger partial charge is 0.136 e. The minimum absolute atomic E-state index is 0.854. The largest absolute Gasteiger partial charge is 0.456 e. The quantitative estimate of drug-likeness (QED) is 0.160. The fourth-order valence-electron chi connectivity index (χ4n) is 10.7. The van der Waals surface area contributed by atoms with Crippen molar-refractivity contribution in [3.8, 4) is 44.5 Å². The number of furan rings is 2. The van der Waals surface area contributed by atoms with Gasteiger partial charge in [-0.1, -0.05) is 164 Å². The SMILES string of the molecule is c1ccc(-c2ccc(N(c3ccc(-c4c(-c5ccc6oc7ccccc7c6c5-c5cccc6ccccc56)ccc5oc6ccccc6c45)cc3)c3cccc4c3sc3ccccc34)cc2)cc1. The Morgan fingerprint density at radius 1 is 0.309 bits per heavy atom. The summed E-state index contributed by atoms with van der Waals surface area (Å²) in [4.78, 5) is 2.42. The molecule has 68 heavy (non-hydrogen) atoms. The third-order valence-electron chi connectivity index (χ3n) is 13.7. The minimum atomic E-state index is 0.854. The third kappa shape index (κ3) is 6.05. The highest BCUT2D eigenvalue weighted by molar-refractivity contribution is 7.26. The van der Waals surface area contributed by atoms with Gasteiger partial charge in [-0.3, -0.25) is 0 Å². The van der Waals surface area contributed by atoms with E-state index in [9.17, 15) is 0 Å². The maximum absolute atomic E-state index is 6.66. The van der Waals surface area contributed by atoms with E-state index in [2.05, 4.69) is 235 Å². The number of rotatable bonds is 7. The molecule has 0 saturated carbocycles. The third-order valence-corrected chi connectivity index (χ3v) is 14.9. The van der Waals surface area contributed by atoms with Gasteiger partial charge in [0.25, 0.3) is 0 Å². The van der Waals surface area contributed by atoms with Crippen molar-refractivity contribution in [1.29, 1.82) is 0 Å². The maximum Gasteiger partial charge on any atom is 0.136 e. The Kier molecular flexibility index (Phi) is 8.76. The van der Waals surface area contributed by atoms with Crippen LogP contribution in [-0.2, 0) is 0 Å². The van der Waals surface area contributed by atoms with Gasteiger partial charge in [-0.05, 0) is 117 Å². The fraction of sp³-hybridized carbons (Fsp3) is 0. The van der Waals surface area contributed by atoms with E-state index in [1.165, 1.54) is 42.1 Å². The van der Waals surface area contributed by atoms with Gasteiger partial charge in [0.15, 0.2) is 0 Å². The average molecular weight is 886 g/mol. The van der Waals surface area contributed by atoms with Gasteiger partial charge in [0, 0.05) is 59.5 Å². The molecule has 0 saturated heterocycles. The topological polar surface area (TPSA) is 29.5 Å². The lowest BCUT2D eigenvalue weighted by Gasteiger charge is -2.27. The van der Waals surface area contributed by atoms with Crippen LogP contribution in [0.4, 0.5) is 17.1 Å². The summed E-state index contributed by atoms with van der Waals surface area (Å²) in [6.45, 7) is 0. The Labute approximate surface area is 396 Å². The van der Waals surface area contributed by atoms with Gasteiger partial charge in [0.1, 0.15) is 22.3 Å². The summed E-state index contributed by atoms with van der Waals surface area (Å²) < 4.78 is 15.8. The summed E-state index contributed by atoms with van der Waals surface area (Å²) in [7, 11) is 0. The lowest BCUT2D eigenvalue weighted by molar-refractivity contribution is 0.668. The van der Waals surface area contributed by atoms with E-state index >= 15 is 0 Å².